The molecule has 0 aliphatic carbocycles. The van der Waals surface area contributed by atoms with Gasteiger partial charge in [0.2, 0.25) is 5.65 Å². The SMILES string of the molecule is COc1nc(Cl)cn2c(C(=O)O)cnc12. The van der Waals surface area contributed by atoms with Crippen LogP contribution in [0.25, 0.3) is 5.65 Å². The lowest BCUT2D eigenvalue weighted by molar-refractivity contribution is 0.0689. The van der Waals surface area contributed by atoms with Crippen molar-refractivity contribution in [2.75, 3.05) is 7.11 Å². The highest BCUT2D eigenvalue weighted by atomic mass is 35.5. The van der Waals surface area contributed by atoms with Crippen LogP contribution in [-0.2, 0) is 0 Å². The van der Waals surface area contributed by atoms with Crippen LogP contribution >= 0.6 is 11.6 Å². The highest BCUT2D eigenvalue weighted by Crippen LogP contribution is 2.20. The molecule has 0 bridgehead atoms. The summed E-state index contributed by atoms with van der Waals surface area (Å²) in [6.07, 6.45) is 2.59. The predicted molar refractivity (Wildman–Crippen MR) is 51.5 cm³/mol. The predicted octanol–water partition coefficient (Wildman–Crippen LogP) is 1.09. The number of ether oxygens (including phenoxy) is 1. The summed E-state index contributed by atoms with van der Waals surface area (Å²) in [5, 5.41) is 9.00. The van der Waals surface area contributed by atoms with Crippen molar-refractivity contribution in [3.63, 3.8) is 0 Å². The number of nitrogens with zero attached hydrogens (tertiary/aromatic N) is 3. The topological polar surface area (TPSA) is 76.7 Å². The maximum absolute atomic E-state index is 10.8. The molecule has 2 aromatic heterocycles. The maximum Gasteiger partial charge on any atom is 0.354 e. The van der Waals surface area contributed by atoms with E-state index in [0.29, 0.717) is 5.65 Å². The van der Waals surface area contributed by atoms with E-state index < -0.39 is 5.97 Å². The molecule has 0 atom stereocenters. The Balaban J connectivity index is 2.80. The summed E-state index contributed by atoms with van der Waals surface area (Å²) >= 11 is 5.70. The molecule has 6 nitrogen and oxygen atoms in total. The van der Waals surface area contributed by atoms with Gasteiger partial charge >= 0.3 is 5.97 Å². The molecule has 0 amide bonds. The Labute approximate surface area is 89.1 Å². The van der Waals surface area contributed by atoms with E-state index in [1.165, 1.54) is 23.9 Å². The number of methoxy groups -OCH3 is 1. The van der Waals surface area contributed by atoms with Gasteiger partial charge in [0.1, 0.15) is 5.15 Å². The van der Waals surface area contributed by atoms with Crippen LogP contribution in [0.5, 0.6) is 5.88 Å². The van der Waals surface area contributed by atoms with Crippen LogP contribution in [0.3, 0.4) is 0 Å². The molecule has 2 heterocycles. The largest absolute Gasteiger partial charge is 0.478 e. The molecule has 15 heavy (non-hydrogen) atoms. The minimum absolute atomic E-state index is 0.00704. The van der Waals surface area contributed by atoms with Crippen molar-refractivity contribution >= 4 is 23.2 Å². The number of rotatable bonds is 2. The summed E-state index contributed by atoms with van der Waals surface area (Å²) in [5.74, 6) is -0.901. The van der Waals surface area contributed by atoms with Crippen molar-refractivity contribution < 1.29 is 14.6 Å². The van der Waals surface area contributed by atoms with E-state index in [1.807, 2.05) is 0 Å². The zero-order valence-corrected chi connectivity index (χ0v) is 8.39. The first-order valence-electron chi connectivity index (χ1n) is 3.94. The van der Waals surface area contributed by atoms with E-state index in [1.54, 1.807) is 0 Å². The molecule has 0 spiro atoms. The van der Waals surface area contributed by atoms with Crippen LogP contribution in [0.1, 0.15) is 10.5 Å². The Morgan fingerprint density at radius 3 is 3.00 bits per heavy atom. The molecule has 0 aliphatic rings. The quantitative estimate of drug-likeness (QED) is 0.831. The van der Waals surface area contributed by atoms with Crippen molar-refractivity contribution in [3.8, 4) is 5.88 Å². The highest BCUT2D eigenvalue weighted by Gasteiger charge is 2.15. The van der Waals surface area contributed by atoms with Gasteiger partial charge in [-0.25, -0.2) is 9.78 Å². The molecular formula is C8H6ClN3O3. The minimum atomic E-state index is -1.09. The lowest BCUT2D eigenvalue weighted by atomic mass is 10.5. The molecule has 0 aliphatic heterocycles. The van der Waals surface area contributed by atoms with Gasteiger partial charge in [0.15, 0.2) is 5.69 Å². The van der Waals surface area contributed by atoms with Gasteiger partial charge in [-0.15, -0.1) is 0 Å². The van der Waals surface area contributed by atoms with Gasteiger partial charge < -0.3 is 9.84 Å². The second-order valence-corrected chi connectivity index (χ2v) is 3.10. The Morgan fingerprint density at radius 2 is 2.40 bits per heavy atom. The molecule has 0 saturated heterocycles. The van der Waals surface area contributed by atoms with Gasteiger partial charge in [-0.05, 0) is 0 Å². The number of aromatic carboxylic acids is 1. The zero-order chi connectivity index (χ0) is 11.0. The van der Waals surface area contributed by atoms with Crippen molar-refractivity contribution in [1.29, 1.82) is 0 Å². The van der Waals surface area contributed by atoms with Crippen LogP contribution in [0.2, 0.25) is 5.15 Å². The first-order valence-corrected chi connectivity index (χ1v) is 4.32. The number of halogens is 1. The van der Waals surface area contributed by atoms with Crippen LogP contribution < -0.4 is 4.74 Å². The number of carboxylic acid groups (broad SMARTS) is 1. The van der Waals surface area contributed by atoms with Gasteiger partial charge in [0.05, 0.1) is 13.3 Å². The van der Waals surface area contributed by atoms with Crippen molar-refractivity contribution in [1.82, 2.24) is 14.4 Å². The van der Waals surface area contributed by atoms with Gasteiger partial charge in [-0.1, -0.05) is 11.6 Å². The van der Waals surface area contributed by atoms with Crippen LogP contribution in [0, 0.1) is 0 Å². The van der Waals surface area contributed by atoms with Gasteiger partial charge in [0, 0.05) is 6.20 Å². The third-order valence-corrected chi connectivity index (χ3v) is 2.03. The first kappa shape index (κ1) is 9.72. The van der Waals surface area contributed by atoms with E-state index >= 15 is 0 Å². The van der Waals surface area contributed by atoms with Crippen molar-refractivity contribution in [2.45, 2.75) is 0 Å². The molecule has 0 unspecified atom stereocenters. The molecule has 0 aromatic carbocycles. The number of carboxylic acids is 1. The molecular weight excluding hydrogens is 222 g/mol. The Morgan fingerprint density at radius 1 is 1.67 bits per heavy atom. The van der Waals surface area contributed by atoms with E-state index in [4.69, 9.17) is 21.4 Å². The van der Waals surface area contributed by atoms with E-state index in [9.17, 15) is 4.79 Å². The van der Waals surface area contributed by atoms with E-state index in [0.717, 1.165) is 0 Å². The lowest BCUT2D eigenvalue weighted by Gasteiger charge is -2.02. The second-order valence-electron chi connectivity index (χ2n) is 2.72. The monoisotopic (exact) mass is 227 g/mol. The fourth-order valence-electron chi connectivity index (χ4n) is 1.23. The molecule has 0 radical (unpaired) electrons. The zero-order valence-electron chi connectivity index (χ0n) is 7.64. The Hall–Kier alpha value is -1.82. The molecule has 1 N–H and O–H groups in total. The first-order chi connectivity index (χ1) is 7.13. The molecule has 2 rings (SSSR count). The van der Waals surface area contributed by atoms with Crippen LogP contribution in [0.4, 0.5) is 0 Å². The third-order valence-electron chi connectivity index (χ3n) is 1.84. The third kappa shape index (κ3) is 1.48. The summed E-state index contributed by atoms with van der Waals surface area (Å²) in [4.78, 5) is 18.6. The Kier molecular flexibility index (Phi) is 2.20. The number of hydrogen-bond donors (Lipinski definition) is 1. The molecule has 2 aromatic rings. The minimum Gasteiger partial charge on any atom is -0.478 e. The van der Waals surface area contributed by atoms with Crippen LogP contribution in [-0.4, -0.2) is 32.6 Å². The summed E-state index contributed by atoms with van der Waals surface area (Å²) in [6, 6.07) is 0. The summed E-state index contributed by atoms with van der Waals surface area (Å²) in [7, 11) is 1.41. The maximum atomic E-state index is 10.8. The number of carbonyl (C=O) groups is 1. The van der Waals surface area contributed by atoms with Gasteiger partial charge in [-0.2, -0.15) is 4.98 Å². The van der Waals surface area contributed by atoms with Gasteiger partial charge in [-0.3, -0.25) is 4.40 Å². The van der Waals surface area contributed by atoms with Crippen molar-refractivity contribution in [2.24, 2.45) is 0 Å². The number of fused-ring (bicyclic) bond motifs is 1. The summed E-state index contributed by atoms with van der Waals surface area (Å²) < 4.78 is 6.25. The smallest absolute Gasteiger partial charge is 0.354 e. The average Bonchev–Trinajstić information content (AvgIpc) is 2.59. The molecule has 0 saturated carbocycles. The fourth-order valence-corrected chi connectivity index (χ4v) is 1.40. The van der Waals surface area contributed by atoms with Crippen LogP contribution in [0.15, 0.2) is 12.4 Å². The molecule has 7 heteroatoms. The average molecular weight is 228 g/mol. The fraction of sp³-hybridized carbons (Fsp3) is 0.125. The molecule has 0 fully saturated rings. The number of aromatic nitrogens is 3. The Bertz CT molecular complexity index is 537. The number of hydrogen-bond acceptors (Lipinski definition) is 4. The normalized spacial score (nSPS) is 10.5. The molecule has 78 valence electrons. The lowest BCUT2D eigenvalue weighted by Crippen LogP contribution is -2.03. The van der Waals surface area contributed by atoms with Gasteiger partial charge in [0.25, 0.3) is 5.88 Å². The second kappa shape index (κ2) is 3.39. The van der Waals surface area contributed by atoms with E-state index in [-0.39, 0.29) is 16.7 Å². The van der Waals surface area contributed by atoms with E-state index in [2.05, 4.69) is 9.97 Å². The summed E-state index contributed by atoms with van der Waals surface area (Å²) in [5.41, 5.74) is 0.326. The summed E-state index contributed by atoms with van der Waals surface area (Å²) in [6.45, 7) is 0. The highest BCUT2D eigenvalue weighted by molar-refractivity contribution is 6.29. The standard InChI is InChI=1S/C8H6ClN3O3/c1-15-7-6-10-2-4(8(13)14)12(6)3-5(9)11-7/h2-3H,1H3,(H,13,14). The number of imidazole rings is 1. The van der Waals surface area contributed by atoms with Crippen molar-refractivity contribution in [3.05, 3.63) is 23.2 Å².